The monoisotopic (exact) mass is 388 g/mol. The van der Waals surface area contributed by atoms with Crippen LogP contribution in [0.25, 0.3) is 10.9 Å². The average Bonchev–Trinajstić information content (AvgIpc) is 2.54. The Bertz CT molecular complexity index is 1030. The van der Waals surface area contributed by atoms with Gasteiger partial charge >= 0.3 is 0 Å². The first kappa shape index (κ1) is 15.4. The fourth-order valence-electron chi connectivity index (χ4n) is 1.99. The number of halogens is 1. The van der Waals surface area contributed by atoms with Crippen molar-refractivity contribution in [3.63, 3.8) is 0 Å². The van der Waals surface area contributed by atoms with Crippen molar-refractivity contribution in [2.45, 2.75) is 5.03 Å². The molecule has 1 N–H and O–H groups in total. The molecule has 0 spiro atoms. The molecule has 1 aromatic carbocycles. The third-order valence-electron chi connectivity index (χ3n) is 3.05. The largest absolute Gasteiger partial charge is 0.279 e. The first-order valence-electron chi connectivity index (χ1n) is 6.43. The third-order valence-corrected chi connectivity index (χ3v) is 4.99. The van der Waals surface area contributed by atoms with E-state index in [9.17, 15) is 8.42 Å². The van der Waals surface area contributed by atoms with Crippen molar-refractivity contribution in [3.8, 4) is 6.07 Å². The lowest BCUT2D eigenvalue weighted by atomic mass is 10.2. The number of hydrogen-bond donors (Lipinski definition) is 1. The summed E-state index contributed by atoms with van der Waals surface area (Å²) in [5.41, 5.74) is 1.37. The molecule has 0 unspecified atom stereocenters. The number of para-hydroxylation sites is 1. The summed E-state index contributed by atoms with van der Waals surface area (Å²) in [5.74, 6) is 0. The van der Waals surface area contributed by atoms with Crippen molar-refractivity contribution in [1.29, 1.82) is 5.26 Å². The highest BCUT2D eigenvalue weighted by molar-refractivity contribution is 9.10. The molecule has 3 aromatic rings. The molecule has 2 heterocycles. The summed E-state index contributed by atoms with van der Waals surface area (Å²) in [7, 11) is -3.84. The lowest BCUT2D eigenvalue weighted by molar-refractivity contribution is 0.597. The molecule has 114 valence electrons. The number of hydrogen-bond acceptors (Lipinski definition) is 5. The second-order valence-electron chi connectivity index (χ2n) is 4.64. The van der Waals surface area contributed by atoms with Gasteiger partial charge in [-0.2, -0.15) is 13.7 Å². The Morgan fingerprint density at radius 2 is 1.96 bits per heavy atom. The Hall–Kier alpha value is -2.50. The van der Waals surface area contributed by atoms with Gasteiger partial charge in [-0.1, -0.05) is 12.1 Å². The van der Waals surface area contributed by atoms with Gasteiger partial charge in [0.2, 0.25) is 0 Å². The third kappa shape index (κ3) is 3.16. The molecule has 0 aliphatic heterocycles. The summed E-state index contributed by atoms with van der Waals surface area (Å²) in [5, 5.41) is 9.36. The molecule has 0 amide bonds. The van der Waals surface area contributed by atoms with E-state index in [2.05, 4.69) is 30.6 Å². The zero-order valence-electron chi connectivity index (χ0n) is 11.6. The number of nitrogens with one attached hydrogen (secondary N) is 1. The highest BCUT2D eigenvalue weighted by Gasteiger charge is 2.16. The molecule has 0 radical (unpaired) electrons. The Kier molecular flexibility index (Phi) is 3.98. The first-order valence-corrected chi connectivity index (χ1v) is 8.70. The van der Waals surface area contributed by atoms with Gasteiger partial charge in [0.15, 0.2) is 5.03 Å². The van der Waals surface area contributed by atoms with E-state index < -0.39 is 10.0 Å². The Morgan fingerprint density at radius 3 is 2.65 bits per heavy atom. The number of nitrogens with zero attached hydrogens (tertiary/aromatic N) is 3. The summed E-state index contributed by atoms with van der Waals surface area (Å²) in [6.07, 6.45) is 2.65. The molecule has 0 saturated carbocycles. The standard InChI is InChI=1S/C15H9BrN4O2S/c16-13-3-1-2-11-6-12(9-19-15(11)13)20-23(21,22)14-5-4-10(7-17)8-18-14/h1-6,8-9,20H. The molecule has 6 nitrogen and oxygen atoms in total. The number of anilines is 1. The number of fused-ring (bicyclic) bond motifs is 1. The lowest BCUT2D eigenvalue weighted by Crippen LogP contribution is -2.14. The summed E-state index contributed by atoms with van der Waals surface area (Å²) in [4.78, 5) is 8.04. The fourth-order valence-corrected chi connectivity index (χ4v) is 3.44. The molecule has 0 fully saturated rings. The van der Waals surface area contributed by atoms with Crippen molar-refractivity contribution in [3.05, 3.63) is 58.8 Å². The summed E-state index contributed by atoms with van der Waals surface area (Å²) >= 11 is 3.40. The van der Waals surface area contributed by atoms with E-state index in [4.69, 9.17) is 5.26 Å². The van der Waals surface area contributed by atoms with Gasteiger partial charge in [0.25, 0.3) is 10.0 Å². The van der Waals surface area contributed by atoms with E-state index in [0.29, 0.717) is 11.3 Å². The zero-order valence-corrected chi connectivity index (χ0v) is 14.0. The Morgan fingerprint density at radius 1 is 1.13 bits per heavy atom. The zero-order chi connectivity index (χ0) is 16.4. The molecule has 0 bridgehead atoms. The van der Waals surface area contributed by atoms with Gasteiger partial charge in [-0.15, -0.1) is 0 Å². The van der Waals surface area contributed by atoms with E-state index in [1.54, 1.807) is 6.07 Å². The van der Waals surface area contributed by atoms with Crippen LogP contribution in [0.4, 0.5) is 5.69 Å². The van der Waals surface area contributed by atoms with Crippen molar-refractivity contribution in [2.24, 2.45) is 0 Å². The number of pyridine rings is 2. The fraction of sp³-hybridized carbons (Fsp3) is 0. The normalized spacial score (nSPS) is 11.1. The highest BCUT2D eigenvalue weighted by atomic mass is 79.9. The van der Waals surface area contributed by atoms with Crippen LogP contribution in [0.1, 0.15) is 5.56 Å². The maximum atomic E-state index is 12.3. The first-order chi connectivity index (χ1) is 11.0. The van der Waals surface area contributed by atoms with Gasteiger partial charge in [0.05, 0.1) is 23.0 Å². The van der Waals surface area contributed by atoms with Crippen molar-refractivity contribution < 1.29 is 8.42 Å². The molecule has 2 aromatic heterocycles. The summed E-state index contributed by atoms with van der Waals surface area (Å²) in [6.45, 7) is 0. The van der Waals surface area contributed by atoms with Crippen LogP contribution in [0.5, 0.6) is 0 Å². The second-order valence-corrected chi connectivity index (χ2v) is 7.12. The predicted octanol–water partition coefficient (Wildman–Crippen LogP) is 3.06. The Labute approximate surface area is 141 Å². The second kappa shape index (κ2) is 5.95. The lowest BCUT2D eigenvalue weighted by Gasteiger charge is -2.08. The minimum atomic E-state index is -3.84. The topological polar surface area (TPSA) is 95.7 Å². The highest BCUT2D eigenvalue weighted by Crippen LogP contribution is 2.24. The molecular weight excluding hydrogens is 380 g/mol. The van der Waals surface area contributed by atoms with Gasteiger partial charge in [-0.3, -0.25) is 9.71 Å². The van der Waals surface area contributed by atoms with Crippen LogP contribution in [0, 0.1) is 11.3 Å². The summed E-state index contributed by atoms with van der Waals surface area (Å²) in [6, 6.07) is 11.8. The molecule has 23 heavy (non-hydrogen) atoms. The van der Waals surface area contributed by atoms with Gasteiger partial charge in [-0.25, -0.2) is 4.98 Å². The predicted molar refractivity (Wildman–Crippen MR) is 89.2 cm³/mol. The molecule has 0 aliphatic carbocycles. The van der Waals surface area contributed by atoms with Crippen LogP contribution >= 0.6 is 15.9 Å². The number of aromatic nitrogens is 2. The van der Waals surface area contributed by atoms with Gasteiger partial charge in [0, 0.05) is 16.1 Å². The van der Waals surface area contributed by atoms with E-state index in [0.717, 1.165) is 15.4 Å². The molecule has 0 atom stereocenters. The number of nitriles is 1. The van der Waals surface area contributed by atoms with Crippen LogP contribution in [0.3, 0.4) is 0 Å². The van der Waals surface area contributed by atoms with Crippen molar-refractivity contribution >= 4 is 42.5 Å². The number of rotatable bonds is 3. The summed E-state index contributed by atoms with van der Waals surface area (Å²) < 4.78 is 27.9. The number of sulfonamides is 1. The smallest absolute Gasteiger partial charge is 0.277 e. The van der Waals surface area contributed by atoms with Gasteiger partial charge in [0.1, 0.15) is 6.07 Å². The van der Waals surface area contributed by atoms with Gasteiger partial charge < -0.3 is 0 Å². The maximum Gasteiger partial charge on any atom is 0.279 e. The van der Waals surface area contributed by atoms with Crippen LogP contribution in [0.2, 0.25) is 0 Å². The molecule has 3 rings (SSSR count). The Balaban J connectivity index is 1.95. The van der Waals surface area contributed by atoms with E-state index in [-0.39, 0.29) is 5.03 Å². The minimum absolute atomic E-state index is 0.161. The maximum absolute atomic E-state index is 12.3. The molecular formula is C15H9BrN4O2S. The molecule has 8 heteroatoms. The van der Waals surface area contributed by atoms with Crippen LogP contribution in [0.15, 0.2) is 58.3 Å². The van der Waals surface area contributed by atoms with Crippen molar-refractivity contribution in [2.75, 3.05) is 4.72 Å². The van der Waals surface area contributed by atoms with E-state index in [1.165, 1.54) is 24.5 Å². The van der Waals surface area contributed by atoms with E-state index >= 15 is 0 Å². The molecule has 0 saturated heterocycles. The van der Waals surface area contributed by atoms with Crippen LogP contribution in [-0.4, -0.2) is 18.4 Å². The average molecular weight is 389 g/mol. The quantitative estimate of drug-likeness (QED) is 0.743. The molecule has 0 aliphatic rings. The van der Waals surface area contributed by atoms with E-state index in [1.807, 2.05) is 24.3 Å². The van der Waals surface area contributed by atoms with Crippen LogP contribution < -0.4 is 4.72 Å². The SMILES string of the molecule is N#Cc1ccc(S(=O)(=O)Nc2cnc3c(Br)cccc3c2)nc1. The van der Waals surface area contributed by atoms with Crippen LogP contribution in [-0.2, 0) is 10.0 Å². The van der Waals surface area contributed by atoms with Crippen molar-refractivity contribution in [1.82, 2.24) is 9.97 Å². The number of benzene rings is 1. The minimum Gasteiger partial charge on any atom is -0.277 e. The van der Waals surface area contributed by atoms with Gasteiger partial charge in [-0.05, 0) is 40.2 Å².